The number of aryl methyl sites for hydroxylation is 1. The molecule has 2 aliphatic rings. The summed E-state index contributed by atoms with van der Waals surface area (Å²) in [6, 6.07) is 11.9. The number of Topliss-reactive ketones (excluding diaryl/α,β-unsaturated/α-hetero) is 1. The molecule has 2 fully saturated rings. The van der Waals surface area contributed by atoms with Crippen LogP contribution in [-0.2, 0) is 14.3 Å². The molecular weight excluding hydrogens is 460 g/mol. The smallest absolute Gasteiger partial charge is 0.295 e. The molecule has 0 radical (unpaired) electrons. The molecule has 1 atom stereocenters. The maximum Gasteiger partial charge on any atom is 0.295 e. The lowest BCUT2D eigenvalue weighted by Crippen LogP contribution is -2.39. The number of nitrogens with zero attached hydrogens (tertiary/aromatic N) is 2. The molecule has 2 heterocycles. The van der Waals surface area contributed by atoms with E-state index in [1.165, 1.54) is 0 Å². The van der Waals surface area contributed by atoms with Crippen molar-refractivity contribution in [3.63, 3.8) is 0 Å². The van der Waals surface area contributed by atoms with Crippen LogP contribution in [0.4, 0.5) is 0 Å². The monoisotopic (exact) mass is 494 g/mol. The van der Waals surface area contributed by atoms with E-state index in [0.29, 0.717) is 55.4 Å². The molecule has 2 aliphatic heterocycles. The number of hydrogen-bond donors (Lipinski definition) is 1. The van der Waals surface area contributed by atoms with Gasteiger partial charge in [-0.25, -0.2) is 0 Å². The number of benzene rings is 2. The largest absolute Gasteiger partial charge is 0.507 e. The second-order valence-electron chi connectivity index (χ2n) is 9.01. The third kappa shape index (κ3) is 5.39. The number of carbonyl (C=O) groups is 2. The fourth-order valence-corrected chi connectivity index (χ4v) is 4.74. The normalized spacial score (nSPS) is 20.1. The van der Waals surface area contributed by atoms with Gasteiger partial charge < -0.3 is 24.2 Å². The molecule has 0 saturated carbocycles. The van der Waals surface area contributed by atoms with Crippen LogP contribution in [0.15, 0.2) is 48.0 Å². The minimum atomic E-state index is -0.736. The molecule has 2 saturated heterocycles. The number of hydrogen-bond acceptors (Lipinski definition) is 7. The van der Waals surface area contributed by atoms with Crippen LogP contribution in [0, 0.1) is 6.92 Å². The second-order valence-corrected chi connectivity index (χ2v) is 9.01. The van der Waals surface area contributed by atoms with Crippen molar-refractivity contribution in [1.29, 1.82) is 0 Å². The van der Waals surface area contributed by atoms with Crippen LogP contribution in [0.5, 0.6) is 11.5 Å². The van der Waals surface area contributed by atoms with Crippen LogP contribution in [0.25, 0.3) is 5.76 Å². The van der Waals surface area contributed by atoms with Gasteiger partial charge in [0.2, 0.25) is 0 Å². The van der Waals surface area contributed by atoms with E-state index in [1.807, 2.05) is 32.0 Å². The van der Waals surface area contributed by atoms with E-state index >= 15 is 0 Å². The molecule has 0 spiro atoms. The molecule has 192 valence electrons. The molecule has 0 unspecified atom stereocenters. The number of likely N-dealkylation sites (tertiary alicyclic amines) is 1. The number of ether oxygens (including phenoxy) is 3. The Balaban J connectivity index is 1.71. The Morgan fingerprint density at radius 3 is 2.44 bits per heavy atom. The van der Waals surface area contributed by atoms with Gasteiger partial charge in [0.05, 0.1) is 38.5 Å². The van der Waals surface area contributed by atoms with Crippen molar-refractivity contribution < 1.29 is 28.9 Å². The lowest BCUT2D eigenvalue weighted by molar-refractivity contribution is -0.140. The van der Waals surface area contributed by atoms with Gasteiger partial charge in [0.25, 0.3) is 11.7 Å². The summed E-state index contributed by atoms with van der Waals surface area (Å²) in [6.45, 7) is 8.60. The van der Waals surface area contributed by atoms with E-state index in [0.717, 1.165) is 25.2 Å². The Morgan fingerprint density at radius 1 is 1.06 bits per heavy atom. The highest BCUT2D eigenvalue weighted by Crippen LogP contribution is 2.42. The van der Waals surface area contributed by atoms with Crippen LogP contribution < -0.4 is 9.47 Å². The predicted octanol–water partition coefficient (Wildman–Crippen LogP) is 3.55. The van der Waals surface area contributed by atoms with Crippen molar-refractivity contribution in [1.82, 2.24) is 9.80 Å². The topological polar surface area (TPSA) is 88.5 Å². The maximum atomic E-state index is 13.3. The predicted molar refractivity (Wildman–Crippen MR) is 136 cm³/mol. The summed E-state index contributed by atoms with van der Waals surface area (Å²) in [4.78, 5) is 30.4. The lowest BCUT2D eigenvalue weighted by atomic mass is 9.94. The van der Waals surface area contributed by atoms with Crippen molar-refractivity contribution in [3.05, 3.63) is 64.7 Å². The number of aliphatic hydroxyl groups is 1. The van der Waals surface area contributed by atoms with Gasteiger partial charge in [-0.05, 0) is 38.0 Å². The fraction of sp³-hybridized carbons (Fsp3) is 0.429. The zero-order chi connectivity index (χ0) is 25.7. The Hall–Kier alpha value is -3.36. The molecule has 0 aliphatic carbocycles. The van der Waals surface area contributed by atoms with E-state index in [1.54, 1.807) is 36.3 Å². The quantitative estimate of drug-likeness (QED) is 0.324. The fourth-order valence-electron chi connectivity index (χ4n) is 4.74. The zero-order valence-electron chi connectivity index (χ0n) is 21.2. The third-order valence-electron chi connectivity index (χ3n) is 6.65. The molecule has 2 aromatic rings. The van der Waals surface area contributed by atoms with E-state index in [4.69, 9.17) is 14.2 Å². The standard InChI is InChI=1S/C28H34N2O6/c1-4-36-22-11-10-21(18-23(22)34-3)25-24(26(31)20-8-6-19(2)7-9-20)27(32)28(33)30(25)13-5-12-29-14-16-35-17-15-29/h6-11,18,25,31H,4-5,12-17H2,1-3H3/t25-/m0/s1. The number of rotatable bonds is 9. The van der Waals surface area contributed by atoms with E-state index < -0.39 is 17.7 Å². The first-order valence-electron chi connectivity index (χ1n) is 12.4. The Kier molecular flexibility index (Phi) is 8.28. The number of ketones is 1. The van der Waals surface area contributed by atoms with Crippen LogP contribution in [-0.4, -0.2) is 79.7 Å². The molecule has 1 N–H and O–H groups in total. The Bertz CT molecular complexity index is 1120. The van der Waals surface area contributed by atoms with Crippen molar-refractivity contribution in [2.24, 2.45) is 0 Å². The summed E-state index contributed by atoms with van der Waals surface area (Å²) in [5.74, 6) is -0.391. The van der Waals surface area contributed by atoms with Crippen LogP contribution in [0.1, 0.15) is 36.1 Å². The summed E-state index contributed by atoms with van der Waals surface area (Å²) in [6.07, 6.45) is 0.697. The Morgan fingerprint density at radius 2 is 1.78 bits per heavy atom. The van der Waals surface area contributed by atoms with E-state index in [-0.39, 0.29) is 11.3 Å². The molecule has 2 aromatic carbocycles. The first-order chi connectivity index (χ1) is 17.4. The van der Waals surface area contributed by atoms with Crippen molar-refractivity contribution in [2.75, 3.05) is 53.1 Å². The lowest BCUT2D eigenvalue weighted by Gasteiger charge is -2.29. The number of morpholine rings is 1. The number of amides is 1. The molecule has 0 bridgehead atoms. The molecule has 0 aromatic heterocycles. The molecule has 1 amide bonds. The van der Waals surface area contributed by atoms with E-state index in [9.17, 15) is 14.7 Å². The third-order valence-corrected chi connectivity index (χ3v) is 6.65. The van der Waals surface area contributed by atoms with Gasteiger partial charge in [0, 0.05) is 31.7 Å². The second kappa shape index (κ2) is 11.6. The summed E-state index contributed by atoms with van der Waals surface area (Å²) in [7, 11) is 1.55. The van der Waals surface area contributed by atoms with Crippen LogP contribution in [0.3, 0.4) is 0 Å². The summed E-state index contributed by atoms with van der Waals surface area (Å²) in [5, 5.41) is 11.2. The average molecular weight is 495 g/mol. The zero-order valence-corrected chi connectivity index (χ0v) is 21.2. The summed E-state index contributed by atoms with van der Waals surface area (Å²) < 4.78 is 16.6. The minimum Gasteiger partial charge on any atom is -0.507 e. The number of carbonyl (C=O) groups excluding carboxylic acids is 2. The van der Waals surface area contributed by atoms with Crippen LogP contribution >= 0.6 is 0 Å². The maximum absolute atomic E-state index is 13.3. The van der Waals surface area contributed by atoms with Gasteiger partial charge in [-0.15, -0.1) is 0 Å². The molecular formula is C28H34N2O6. The van der Waals surface area contributed by atoms with Crippen molar-refractivity contribution in [3.8, 4) is 11.5 Å². The van der Waals surface area contributed by atoms with Gasteiger partial charge in [-0.3, -0.25) is 14.5 Å². The van der Waals surface area contributed by atoms with Crippen LogP contribution in [0.2, 0.25) is 0 Å². The molecule has 36 heavy (non-hydrogen) atoms. The highest BCUT2D eigenvalue weighted by molar-refractivity contribution is 6.46. The van der Waals surface area contributed by atoms with Gasteiger partial charge in [-0.2, -0.15) is 0 Å². The minimum absolute atomic E-state index is 0.0847. The molecule has 4 rings (SSSR count). The van der Waals surface area contributed by atoms with Crippen molar-refractivity contribution >= 4 is 17.4 Å². The highest BCUT2D eigenvalue weighted by atomic mass is 16.5. The number of methoxy groups -OCH3 is 1. The highest BCUT2D eigenvalue weighted by Gasteiger charge is 2.46. The first kappa shape index (κ1) is 25.7. The first-order valence-corrected chi connectivity index (χ1v) is 12.4. The van der Waals surface area contributed by atoms with Gasteiger partial charge >= 0.3 is 0 Å². The van der Waals surface area contributed by atoms with Gasteiger partial charge in [0.1, 0.15) is 5.76 Å². The average Bonchev–Trinajstić information content (AvgIpc) is 3.15. The van der Waals surface area contributed by atoms with Gasteiger partial charge in [-0.1, -0.05) is 35.9 Å². The molecule has 8 nitrogen and oxygen atoms in total. The molecule has 8 heteroatoms. The number of aliphatic hydroxyl groups excluding tert-OH is 1. The summed E-state index contributed by atoms with van der Waals surface area (Å²) >= 11 is 0. The SMILES string of the molecule is CCOc1ccc([C@H]2C(=C(O)c3ccc(C)cc3)C(=O)C(=O)N2CCCN2CCOCC2)cc1OC. The van der Waals surface area contributed by atoms with Gasteiger partial charge in [0.15, 0.2) is 11.5 Å². The van der Waals surface area contributed by atoms with Crippen molar-refractivity contribution in [2.45, 2.75) is 26.3 Å². The summed E-state index contributed by atoms with van der Waals surface area (Å²) in [5.41, 5.74) is 2.29. The Labute approximate surface area is 212 Å². The van der Waals surface area contributed by atoms with E-state index in [2.05, 4.69) is 4.90 Å².